The Morgan fingerprint density at radius 1 is 1.06 bits per heavy atom. The number of methoxy groups -OCH3 is 1. The number of benzene rings is 3. The largest absolute Gasteiger partial charge is 0.495 e. The molecule has 0 aliphatic rings. The molecule has 0 aliphatic heterocycles. The van der Waals surface area contributed by atoms with Gasteiger partial charge in [0, 0.05) is 17.5 Å². The number of carbonyl (C=O) groups excluding carboxylic acids is 2. The topological polar surface area (TPSA) is 80.3 Å². The average molecular weight is 510 g/mol. The molecule has 34 heavy (non-hydrogen) atoms. The Bertz CT molecular complexity index is 1360. The van der Waals surface area contributed by atoms with Gasteiger partial charge in [0.05, 0.1) is 28.1 Å². The van der Waals surface area contributed by atoms with Gasteiger partial charge in [0.2, 0.25) is 11.8 Å². The molecule has 6 nitrogen and oxygen atoms in total. The molecule has 0 spiro atoms. The summed E-state index contributed by atoms with van der Waals surface area (Å²) < 4.78 is 6.81. The van der Waals surface area contributed by atoms with Gasteiger partial charge in [-0.25, -0.2) is 4.98 Å². The fourth-order valence-corrected chi connectivity index (χ4v) is 5.20. The molecule has 0 unspecified atom stereocenters. The maximum atomic E-state index is 12.3. The Morgan fingerprint density at radius 3 is 2.59 bits per heavy atom. The number of nitrogens with one attached hydrogen (secondary N) is 2. The third-order valence-corrected chi connectivity index (χ3v) is 7.08. The number of ether oxygens (including phenoxy) is 1. The molecular formula is C25H20ClN3O3S2. The molecule has 0 saturated heterocycles. The molecule has 2 N–H and O–H groups in total. The van der Waals surface area contributed by atoms with Crippen molar-refractivity contribution in [2.75, 3.05) is 23.5 Å². The zero-order valence-electron chi connectivity index (χ0n) is 18.1. The summed E-state index contributed by atoms with van der Waals surface area (Å²) >= 11 is 8.92. The van der Waals surface area contributed by atoms with E-state index < -0.39 is 0 Å². The Balaban J connectivity index is 1.33. The molecule has 172 valence electrons. The van der Waals surface area contributed by atoms with Crippen LogP contribution in [0, 0.1) is 0 Å². The Morgan fingerprint density at radius 2 is 1.82 bits per heavy atom. The first-order valence-corrected chi connectivity index (χ1v) is 12.4. The fraction of sp³-hybridized carbons (Fsp3) is 0.0800. The zero-order valence-corrected chi connectivity index (χ0v) is 20.5. The van der Waals surface area contributed by atoms with Crippen molar-refractivity contribution >= 4 is 74.2 Å². The molecule has 4 aromatic rings. The minimum atomic E-state index is -0.211. The number of hydrogen-bond donors (Lipinski definition) is 2. The van der Waals surface area contributed by atoms with Crippen molar-refractivity contribution in [1.82, 2.24) is 4.98 Å². The zero-order chi connectivity index (χ0) is 23.9. The molecule has 1 aromatic heterocycles. The van der Waals surface area contributed by atoms with Crippen LogP contribution in [0.1, 0.15) is 5.56 Å². The smallest absolute Gasteiger partial charge is 0.248 e. The van der Waals surface area contributed by atoms with Gasteiger partial charge in [0.25, 0.3) is 0 Å². The number of thiazole rings is 1. The fourth-order valence-electron chi connectivity index (χ4n) is 3.03. The van der Waals surface area contributed by atoms with Crippen molar-refractivity contribution in [3.05, 3.63) is 83.4 Å². The van der Waals surface area contributed by atoms with E-state index in [1.54, 1.807) is 24.3 Å². The second kappa shape index (κ2) is 11.2. The standard InChI is InChI=1S/C25H20ClN3O3S2/c1-32-21-11-9-17(13-19(21)26)28-24(31)15-33-25-29-20-10-8-18(14-22(20)34-25)27-23(30)12-7-16-5-3-2-4-6-16/h2-14H,15H2,1H3,(H,27,30)(H,28,31). The van der Waals surface area contributed by atoms with Crippen molar-refractivity contribution in [2.24, 2.45) is 0 Å². The van der Waals surface area contributed by atoms with Gasteiger partial charge in [-0.15, -0.1) is 11.3 Å². The normalized spacial score (nSPS) is 11.0. The van der Waals surface area contributed by atoms with Gasteiger partial charge in [-0.2, -0.15) is 0 Å². The maximum Gasteiger partial charge on any atom is 0.248 e. The van der Waals surface area contributed by atoms with Crippen molar-refractivity contribution in [1.29, 1.82) is 0 Å². The van der Waals surface area contributed by atoms with Gasteiger partial charge >= 0.3 is 0 Å². The number of halogens is 1. The average Bonchev–Trinajstić information content (AvgIpc) is 3.24. The van der Waals surface area contributed by atoms with Crippen LogP contribution >= 0.6 is 34.7 Å². The summed E-state index contributed by atoms with van der Waals surface area (Å²) in [4.78, 5) is 29.1. The third-order valence-electron chi connectivity index (χ3n) is 4.63. The Kier molecular flexibility index (Phi) is 7.84. The lowest BCUT2D eigenvalue weighted by molar-refractivity contribution is -0.114. The van der Waals surface area contributed by atoms with E-state index in [9.17, 15) is 9.59 Å². The molecular weight excluding hydrogens is 490 g/mol. The lowest BCUT2D eigenvalue weighted by Gasteiger charge is -2.07. The summed E-state index contributed by atoms with van der Waals surface area (Å²) in [5.74, 6) is 0.379. The second-order valence-corrected chi connectivity index (χ2v) is 9.74. The Hall–Kier alpha value is -3.33. The van der Waals surface area contributed by atoms with E-state index >= 15 is 0 Å². The van der Waals surface area contributed by atoms with Crippen LogP contribution in [0.15, 0.2) is 77.1 Å². The van der Waals surface area contributed by atoms with Crippen LogP contribution in [0.2, 0.25) is 5.02 Å². The van der Waals surface area contributed by atoms with Crippen molar-refractivity contribution in [3.63, 3.8) is 0 Å². The van der Waals surface area contributed by atoms with Gasteiger partial charge in [-0.3, -0.25) is 9.59 Å². The van der Waals surface area contributed by atoms with Crippen LogP contribution in [0.25, 0.3) is 16.3 Å². The molecule has 9 heteroatoms. The maximum absolute atomic E-state index is 12.3. The van der Waals surface area contributed by atoms with Crippen LogP contribution in [0.4, 0.5) is 11.4 Å². The number of anilines is 2. The van der Waals surface area contributed by atoms with Crippen molar-refractivity contribution in [2.45, 2.75) is 4.34 Å². The van der Waals surface area contributed by atoms with Crippen LogP contribution in [0.5, 0.6) is 5.75 Å². The first-order chi connectivity index (χ1) is 16.5. The van der Waals surface area contributed by atoms with Gasteiger partial charge in [0.15, 0.2) is 4.34 Å². The van der Waals surface area contributed by atoms with Gasteiger partial charge in [0.1, 0.15) is 5.75 Å². The lowest BCUT2D eigenvalue weighted by atomic mass is 10.2. The molecule has 0 bridgehead atoms. The second-order valence-electron chi connectivity index (χ2n) is 7.08. The molecule has 0 radical (unpaired) electrons. The Labute approximate surface area is 210 Å². The monoisotopic (exact) mass is 509 g/mol. The highest BCUT2D eigenvalue weighted by molar-refractivity contribution is 8.01. The summed E-state index contributed by atoms with van der Waals surface area (Å²) in [6, 6.07) is 20.2. The molecule has 1 heterocycles. The number of nitrogens with zero attached hydrogens (tertiary/aromatic N) is 1. The molecule has 0 aliphatic carbocycles. The molecule has 3 aromatic carbocycles. The third kappa shape index (κ3) is 6.38. The summed E-state index contributed by atoms with van der Waals surface area (Å²) in [6.07, 6.45) is 3.27. The quantitative estimate of drug-likeness (QED) is 0.214. The summed E-state index contributed by atoms with van der Waals surface area (Å²) in [5, 5.41) is 6.11. The highest BCUT2D eigenvalue weighted by Crippen LogP contribution is 2.32. The predicted octanol–water partition coefficient (Wildman–Crippen LogP) is 6.34. The van der Waals surface area contributed by atoms with Crippen LogP contribution in [-0.4, -0.2) is 29.7 Å². The highest BCUT2D eigenvalue weighted by Gasteiger charge is 2.10. The van der Waals surface area contributed by atoms with E-state index in [1.165, 1.54) is 36.3 Å². The number of rotatable bonds is 8. The van der Waals surface area contributed by atoms with Crippen LogP contribution in [-0.2, 0) is 9.59 Å². The lowest BCUT2D eigenvalue weighted by Crippen LogP contribution is -2.13. The van der Waals surface area contributed by atoms with Gasteiger partial charge in [-0.1, -0.05) is 53.7 Å². The number of aromatic nitrogens is 1. The van der Waals surface area contributed by atoms with E-state index in [2.05, 4.69) is 15.6 Å². The van der Waals surface area contributed by atoms with Crippen molar-refractivity contribution < 1.29 is 14.3 Å². The van der Waals surface area contributed by atoms with E-state index in [4.69, 9.17) is 16.3 Å². The number of amides is 2. The van der Waals surface area contributed by atoms with E-state index in [0.29, 0.717) is 22.1 Å². The summed E-state index contributed by atoms with van der Waals surface area (Å²) in [7, 11) is 1.54. The van der Waals surface area contributed by atoms with E-state index in [0.717, 1.165) is 20.1 Å². The van der Waals surface area contributed by atoms with Crippen molar-refractivity contribution in [3.8, 4) is 5.75 Å². The SMILES string of the molecule is COc1ccc(NC(=O)CSc2nc3ccc(NC(=O)C=Cc4ccccc4)cc3s2)cc1Cl. The molecule has 0 fully saturated rings. The van der Waals surface area contributed by atoms with Gasteiger partial charge < -0.3 is 15.4 Å². The first-order valence-electron chi connectivity index (χ1n) is 10.2. The highest BCUT2D eigenvalue weighted by atomic mass is 35.5. The van der Waals surface area contributed by atoms with E-state index in [1.807, 2.05) is 48.5 Å². The minimum Gasteiger partial charge on any atom is -0.495 e. The predicted molar refractivity (Wildman–Crippen MR) is 141 cm³/mol. The van der Waals surface area contributed by atoms with E-state index in [-0.39, 0.29) is 17.6 Å². The molecule has 4 rings (SSSR count). The first kappa shape index (κ1) is 23.8. The van der Waals surface area contributed by atoms with Crippen LogP contribution < -0.4 is 15.4 Å². The number of carbonyl (C=O) groups is 2. The molecule has 2 amide bonds. The van der Waals surface area contributed by atoms with Crippen LogP contribution in [0.3, 0.4) is 0 Å². The summed E-state index contributed by atoms with van der Waals surface area (Å²) in [5.41, 5.74) is 3.05. The van der Waals surface area contributed by atoms with Gasteiger partial charge in [-0.05, 0) is 48.0 Å². The number of fused-ring (bicyclic) bond motifs is 1. The number of thioether (sulfide) groups is 1. The molecule has 0 atom stereocenters. The summed E-state index contributed by atoms with van der Waals surface area (Å²) in [6.45, 7) is 0. The molecule has 0 saturated carbocycles. The number of hydrogen-bond acceptors (Lipinski definition) is 6. The minimum absolute atomic E-state index is 0.163.